The third-order valence-corrected chi connectivity index (χ3v) is 4.77. The van der Waals surface area contributed by atoms with Gasteiger partial charge in [-0.15, -0.1) is 0 Å². The van der Waals surface area contributed by atoms with Gasteiger partial charge in [0.05, 0.1) is 12.2 Å². The van der Waals surface area contributed by atoms with E-state index in [4.69, 9.17) is 0 Å². The van der Waals surface area contributed by atoms with E-state index in [1.54, 1.807) is 12.4 Å². The molecule has 0 aliphatic carbocycles. The molecule has 3 heterocycles. The van der Waals surface area contributed by atoms with Crippen LogP contribution in [0.5, 0.6) is 0 Å². The maximum absolute atomic E-state index is 4.56. The van der Waals surface area contributed by atoms with Gasteiger partial charge in [-0.3, -0.25) is 9.88 Å². The first-order valence-corrected chi connectivity index (χ1v) is 8.89. The number of hydrogen-bond acceptors (Lipinski definition) is 5. The third-order valence-electron chi connectivity index (χ3n) is 4.77. The van der Waals surface area contributed by atoms with Gasteiger partial charge in [0.25, 0.3) is 0 Å². The molecule has 6 heteroatoms. The van der Waals surface area contributed by atoms with Crippen molar-refractivity contribution < 1.29 is 0 Å². The Morgan fingerprint density at radius 3 is 2.83 bits per heavy atom. The van der Waals surface area contributed by atoms with Crippen LogP contribution in [0.4, 0.5) is 5.82 Å². The number of anilines is 1. The van der Waals surface area contributed by atoms with E-state index < -0.39 is 0 Å². The second-order valence-electron chi connectivity index (χ2n) is 6.89. The first-order chi connectivity index (χ1) is 11.7. The number of piperidine rings is 1. The van der Waals surface area contributed by atoms with Gasteiger partial charge in [0.1, 0.15) is 11.6 Å². The number of nitrogens with zero attached hydrogens (tertiary/aromatic N) is 5. The van der Waals surface area contributed by atoms with Crippen LogP contribution in [-0.4, -0.2) is 44.6 Å². The molecule has 1 aliphatic heterocycles. The van der Waals surface area contributed by atoms with Crippen LogP contribution in [0, 0.1) is 5.92 Å². The normalized spacial score (nSPS) is 18.9. The van der Waals surface area contributed by atoms with Gasteiger partial charge >= 0.3 is 0 Å². The number of imidazole rings is 1. The van der Waals surface area contributed by atoms with Crippen LogP contribution in [0.1, 0.15) is 44.2 Å². The minimum absolute atomic E-state index is 0.459. The zero-order valence-corrected chi connectivity index (χ0v) is 14.9. The van der Waals surface area contributed by atoms with Gasteiger partial charge in [0.2, 0.25) is 0 Å². The molecule has 1 aliphatic rings. The van der Waals surface area contributed by atoms with Crippen molar-refractivity contribution in [3.8, 4) is 0 Å². The molecule has 0 spiro atoms. The molecular formula is C18H28N6. The Labute approximate surface area is 144 Å². The lowest BCUT2D eigenvalue weighted by molar-refractivity contribution is 0.160. The Hall–Kier alpha value is -1.95. The SMILES string of the molecule is CNc1nccnc1C[C@H]1CCCN(Cc2nccn2C(C)C)C1. The molecule has 0 bridgehead atoms. The van der Waals surface area contributed by atoms with E-state index in [2.05, 4.69) is 49.8 Å². The van der Waals surface area contributed by atoms with Crippen molar-refractivity contribution in [2.75, 3.05) is 25.5 Å². The smallest absolute Gasteiger partial charge is 0.147 e. The van der Waals surface area contributed by atoms with E-state index in [0.717, 1.165) is 37.6 Å². The molecule has 1 saturated heterocycles. The number of nitrogens with one attached hydrogen (secondary N) is 1. The lowest BCUT2D eigenvalue weighted by Crippen LogP contribution is -2.36. The molecular weight excluding hydrogens is 300 g/mol. The summed E-state index contributed by atoms with van der Waals surface area (Å²) in [5, 5.41) is 3.15. The second-order valence-corrected chi connectivity index (χ2v) is 6.89. The molecule has 0 radical (unpaired) electrons. The standard InChI is InChI=1S/C18H28N6/c1-14(2)24-10-8-21-17(24)13-23-9-4-5-15(12-23)11-16-18(19-3)22-7-6-20-16/h6-8,10,14-15H,4-5,9,11-13H2,1-3H3,(H,19,22)/t15-/m1/s1. The largest absolute Gasteiger partial charge is 0.372 e. The Morgan fingerprint density at radius 1 is 1.21 bits per heavy atom. The van der Waals surface area contributed by atoms with Crippen molar-refractivity contribution in [1.29, 1.82) is 0 Å². The average Bonchev–Trinajstić information content (AvgIpc) is 3.04. The molecule has 2 aromatic rings. The Morgan fingerprint density at radius 2 is 2.04 bits per heavy atom. The number of aromatic nitrogens is 4. The molecule has 1 N–H and O–H groups in total. The summed E-state index contributed by atoms with van der Waals surface area (Å²) in [6, 6.07) is 0.459. The minimum atomic E-state index is 0.459. The highest BCUT2D eigenvalue weighted by Crippen LogP contribution is 2.23. The molecule has 0 saturated carbocycles. The summed E-state index contributed by atoms with van der Waals surface area (Å²) in [6.07, 6.45) is 11.0. The highest BCUT2D eigenvalue weighted by atomic mass is 15.2. The Bertz CT molecular complexity index is 650. The predicted octanol–water partition coefficient (Wildman–Crippen LogP) is 2.75. The number of hydrogen-bond donors (Lipinski definition) is 1. The van der Waals surface area contributed by atoms with Crippen LogP contribution in [0.25, 0.3) is 0 Å². The fraction of sp³-hybridized carbons (Fsp3) is 0.611. The Kier molecular flexibility index (Phi) is 5.45. The maximum Gasteiger partial charge on any atom is 0.147 e. The van der Waals surface area contributed by atoms with Gasteiger partial charge in [0, 0.05) is 44.4 Å². The predicted molar refractivity (Wildman–Crippen MR) is 95.9 cm³/mol. The van der Waals surface area contributed by atoms with Crippen LogP contribution < -0.4 is 5.32 Å². The van der Waals surface area contributed by atoms with Crippen molar-refractivity contribution in [2.24, 2.45) is 5.92 Å². The lowest BCUT2D eigenvalue weighted by Gasteiger charge is -2.32. The summed E-state index contributed by atoms with van der Waals surface area (Å²) in [6.45, 7) is 7.60. The van der Waals surface area contributed by atoms with Gasteiger partial charge < -0.3 is 9.88 Å². The van der Waals surface area contributed by atoms with Crippen molar-refractivity contribution in [3.05, 3.63) is 36.3 Å². The molecule has 0 unspecified atom stereocenters. The first kappa shape index (κ1) is 16.9. The summed E-state index contributed by atoms with van der Waals surface area (Å²) in [7, 11) is 1.91. The van der Waals surface area contributed by atoms with Crippen molar-refractivity contribution >= 4 is 5.82 Å². The fourth-order valence-corrected chi connectivity index (χ4v) is 3.60. The highest BCUT2D eigenvalue weighted by molar-refractivity contribution is 5.38. The topological polar surface area (TPSA) is 58.9 Å². The third kappa shape index (κ3) is 3.93. The van der Waals surface area contributed by atoms with E-state index in [9.17, 15) is 0 Å². The Balaban J connectivity index is 1.63. The van der Waals surface area contributed by atoms with Crippen molar-refractivity contribution in [1.82, 2.24) is 24.4 Å². The molecule has 24 heavy (non-hydrogen) atoms. The van der Waals surface area contributed by atoms with Crippen LogP contribution >= 0.6 is 0 Å². The van der Waals surface area contributed by atoms with E-state index in [1.165, 1.54) is 18.7 Å². The lowest BCUT2D eigenvalue weighted by atomic mass is 9.93. The molecule has 1 fully saturated rings. The van der Waals surface area contributed by atoms with Gasteiger partial charge in [-0.25, -0.2) is 9.97 Å². The zero-order valence-electron chi connectivity index (χ0n) is 14.9. The van der Waals surface area contributed by atoms with Crippen LogP contribution in [0.2, 0.25) is 0 Å². The number of rotatable bonds is 6. The molecule has 130 valence electrons. The summed E-state index contributed by atoms with van der Waals surface area (Å²) in [4.78, 5) is 16.0. The van der Waals surface area contributed by atoms with Gasteiger partial charge in [0.15, 0.2) is 0 Å². The molecule has 1 atom stereocenters. The summed E-state index contributed by atoms with van der Waals surface area (Å²) < 4.78 is 2.27. The molecule has 0 aromatic carbocycles. The average molecular weight is 328 g/mol. The van der Waals surface area contributed by atoms with Crippen molar-refractivity contribution in [2.45, 2.75) is 45.7 Å². The van der Waals surface area contributed by atoms with Crippen molar-refractivity contribution in [3.63, 3.8) is 0 Å². The molecule has 2 aromatic heterocycles. The monoisotopic (exact) mass is 328 g/mol. The second kappa shape index (κ2) is 7.75. The molecule has 3 rings (SSSR count). The summed E-state index contributed by atoms with van der Waals surface area (Å²) in [5.74, 6) is 2.70. The fourth-order valence-electron chi connectivity index (χ4n) is 3.60. The van der Waals surface area contributed by atoms with Gasteiger partial charge in [-0.1, -0.05) is 0 Å². The van der Waals surface area contributed by atoms with E-state index >= 15 is 0 Å². The minimum Gasteiger partial charge on any atom is -0.372 e. The summed E-state index contributed by atoms with van der Waals surface area (Å²) in [5.41, 5.74) is 1.08. The zero-order chi connectivity index (χ0) is 16.9. The number of likely N-dealkylation sites (tertiary alicyclic amines) is 1. The molecule has 6 nitrogen and oxygen atoms in total. The van der Waals surface area contributed by atoms with Gasteiger partial charge in [-0.2, -0.15) is 0 Å². The van der Waals surface area contributed by atoms with Crippen LogP contribution in [-0.2, 0) is 13.0 Å². The van der Waals surface area contributed by atoms with E-state index in [0.29, 0.717) is 12.0 Å². The molecule has 0 amide bonds. The van der Waals surface area contributed by atoms with Crippen LogP contribution in [0.15, 0.2) is 24.8 Å². The van der Waals surface area contributed by atoms with E-state index in [1.807, 2.05) is 13.2 Å². The highest BCUT2D eigenvalue weighted by Gasteiger charge is 2.23. The van der Waals surface area contributed by atoms with Crippen LogP contribution in [0.3, 0.4) is 0 Å². The maximum atomic E-state index is 4.56. The first-order valence-electron chi connectivity index (χ1n) is 8.89. The quantitative estimate of drug-likeness (QED) is 0.883. The van der Waals surface area contributed by atoms with Gasteiger partial charge in [-0.05, 0) is 45.6 Å². The summed E-state index contributed by atoms with van der Waals surface area (Å²) >= 11 is 0. The van der Waals surface area contributed by atoms with E-state index in [-0.39, 0.29) is 0 Å².